The summed E-state index contributed by atoms with van der Waals surface area (Å²) >= 11 is 8.95. The average Bonchev–Trinajstić information content (AvgIpc) is 3.31. The number of carbonyl (C=O) groups excluding carboxylic acids is 1. The van der Waals surface area contributed by atoms with Gasteiger partial charge in [0.2, 0.25) is 0 Å². The number of aliphatic hydroxyl groups excluding tert-OH is 1. The minimum atomic E-state index is -0.623. The number of ether oxygens (including phenoxy) is 1. The van der Waals surface area contributed by atoms with E-state index in [2.05, 4.69) is 5.32 Å². The van der Waals surface area contributed by atoms with Crippen LogP contribution >= 0.6 is 34.3 Å². The second kappa shape index (κ2) is 8.01. The Morgan fingerprint density at radius 3 is 2.84 bits per heavy atom. The largest absolute Gasteiger partial charge is 0.496 e. The number of benzene rings is 1. The monoisotopic (exact) mass is 393 g/mol. The summed E-state index contributed by atoms with van der Waals surface area (Å²) in [5, 5.41) is 15.6. The smallest absolute Gasteiger partial charge is 0.255 e. The first-order chi connectivity index (χ1) is 12.1. The van der Waals surface area contributed by atoms with E-state index < -0.39 is 6.10 Å². The summed E-state index contributed by atoms with van der Waals surface area (Å²) in [5.41, 5.74) is 0.394. The van der Waals surface area contributed by atoms with Gasteiger partial charge in [-0.15, -0.1) is 22.7 Å². The van der Waals surface area contributed by atoms with E-state index in [1.54, 1.807) is 18.2 Å². The lowest BCUT2D eigenvalue weighted by Gasteiger charge is -2.09. The topological polar surface area (TPSA) is 58.6 Å². The molecular formula is C18H16ClNO3S2. The maximum absolute atomic E-state index is 12.4. The minimum Gasteiger partial charge on any atom is -0.496 e. The quantitative estimate of drug-likeness (QED) is 0.649. The van der Waals surface area contributed by atoms with E-state index in [1.807, 2.05) is 29.6 Å². The van der Waals surface area contributed by atoms with Crippen LogP contribution in [0, 0.1) is 0 Å². The van der Waals surface area contributed by atoms with Crippen LogP contribution in [0.3, 0.4) is 0 Å². The van der Waals surface area contributed by atoms with Crippen LogP contribution in [0.25, 0.3) is 0 Å². The summed E-state index contributed by atoms with van der Waals surface area (Å²) in [4.78, 5) is 15.1. The molecule has 2 heterocycles. The number of aliphatic hydroxyl groups is 1. The molecule has 7 heteroatoms. The zero-order chi connectivity index (χ0) is 17.8. The standard InChI is InChI=1S/C18H16ClNO3S2/c1-23-14-6-4-11(19)9-13(14)18(22)20-10-12-5-7-16(25-12)17(21)15-3-2-8-24-15/h2-9,17,21H,10H2,1H3,(H,20,22)/t17-/m0/s1. The molecule has 0 saturated carbocycles. The third-order valence-corrected chi connectivity index (χ3v) is 5.89. The van der Waals surface area contributed by atoms with Crippen LogP contribution < -0.4 is 10.1 Å². The molecule has 0 spiro atoms. The molecule has 0 fully saturated rings. The highest BCUT2D eigenvalue weighted by Crippen LogP contribution is 2.31. The van der Waals surface area contributed by atoms with Crippen LogP contribution in [0.2, 0.25) is 5.02 Å². The van der Waals surface area contributed by atoms with Crippen molar-refractivity contribution in [3.8, 4) is 5.75 Å². The molecule has 0 aliphatic carbocycles. The second-order valence-electron chi connectivity index (χ2n) is 5.25. The normalized spacial score (nSPS) is 12.0. The summed E-state index contributed by atoms with van der Waals surface area (Å²) in [6.07, 6.45) is -0.623. The molecule has 130 valence electrons. The van der Waals surface area contributed by atoms with Crippen molar-refractivity contribution >= 4 is 40.2 Å². The predicted octanol–water partition coefficient (Wildman–Crippen LogP) is 4.48. The highest BCUT2D eigenvalue weighted by Gasteiger charge is 2.16. The molecule has 0 saturated heterocycles. The van der Waals surface area contributed by atoms with E-state index >= 15 is 0 Å². The van der Waals surface area contributed by atoms with Crippen molar-refractivity contribution in [2.45, 2.75) is 12.6 Å². The van der Waals surface area contributed by atoms with Crippen LogP contribution in [-0.2, 0) is 6.54 Å². The fourth-order valence-corrected chi connectivity index (χ4v) is 4.28. The van der Waals surface area contributed by atoms with Gasteiger partial charge in [-0.1, -0.05) is 17.7 Å². The number of methoxy groups -OCH3 is 1. The van der Waals surface area contributed by atoms with Crippen molar-refractivity contribution in [2.24, 2.45) is 0 Å². The van der Waals surface area contributed by atoms with E-state index in [-0.39, 0.29) is 5.91 Å². The van der Waals surface area contributed by atoms with Crippen LogP contribution in [0.4, 0.5) is 0 Å². The molecule has 2 aromatic heterocycles. The van der Waals surface area contributed by atoms with Crippen LogP contribution in [0.1, 0.15) is 31.1 Å². The summed E-state index contributed by atoms with van der Waals surface area (Å²) < 4.78 is 5.20. The molecule has 25 heavy (non-hydrogen) atoms. The number of nitrogens with one attached hydrogen (secondary N) is 1. The van der Waals surface area contributed by atoms with Gasteiger partial charge >= 0.3 is 0 Å². The Kier molecular flexibility index (Phi) is 5.75. The Morgan fingerprint density at radius 2 is 2.12 bits per heavy atom. The molecule has 0 aliphatic heterocycles. The Labute approximate surface area is 158 Å². The SMILES string of the molecule is COc1ccc(Cl)cc1C(=O)NCc1ccc([C@@H](O)c2cccs2)s1. The molecule has 2 N–H and O–H groups in total. The molecule has 0 unspecified atom stereocenters. The van der Waals surface area contributed by atoms with Gasteiger partial charge in [0.15, 0.2) is 0 Å². The van der Waals surface area contributed by atoms with E-state index in [4.69, 9.17) is 16.3 Å². The van der Waals surface area contributed by atoms with Gasteiger partial charge in [0, 0.05) is 19.7 Å². The van der Waals surface area contributed by atoms with Crippen molar-refractivity contribution < 1.29 is 14.6 Å². The van der Waals surface area contributed by atoms with E-state index in [0.29, 0.717) is 22.9 Å². The lowest BCUT2D eigenvalue weighted by molar-refractivity contribution is 0.0948. The molecule has 0 aliphatic rings. The van der Waals surface area contributed by atoms with E-state index in [9.17, 15) is 9.90 Å². The maximum Gasteiger partial charge on any atom is 0.255 e. The molecule has 1 amide bonds. The van der Waals surface area contributed by atoms with Gasteiger partial charge in [-0.25, -0.2) is 0 Å². The van der Waals surface area contributed by atoms with Gasteiger partial charge in [0.1, 0.15) is 11.9 Å². The van der Waals surface area contributed by atoms with Gasteiger partial charge in [-0.3, -0.25) is 4.79 Å². The van der Waals surface area contributed by atoms with Crippen molar-refractivity contribution in [3.63, 3.8) is 0 Å². The Morgan fingerprint density at radius 1 is 1.28 bits per heavy atom. The number of amides is 1. The van der Waals surface area contributed by atoms with Gasteiger partial charge < -0.3 is 15.2 Å². The number of halogens is 1. The molecule has 1 aromatic carbocycles. The predicted molar refractivity (Wildman–Crippen MR) is 102 cm³/mol. The Bertz CT molecular complexity index is 861. The first kappa shape index (κ1) is 17.9. The van der Waals surface area contributed by atoms with E-state index in [0.717, 1.165) is 14.6 Å². The maximum atomic E-state index is 12.4. The first-order valence-corrected chi connectivity index (χ1v) is 9.57. The van der Waals surface area contributed by atoms with Gasteiger partial charge in [0.25, 0.3) is 5.91 Å². The van der Waals surface area contributed by atoms with Crippen molar-refractivity contribution in [2.75, 3.05) is 7.11 Å². The second-order valence-corrected chi connectivity index (χ2v) is 7.86. The van der Waals surface area contributed by atoms with Crippen molar-refractivity contribution in [1.29, 1.82) is 0 Å². The number of hydrogen-bond donors (Lipinski definition) is 2. The van der Waals surface area contributed by atoms with E-state index in [1.165, 1.54) is 29.8 Å². The van der Waals surface area contributed by atoms with Crippen LogP contribution in [0.15, 0.2) is 47.8 Å². The van der Waals surface area contributed by atoms with Crippen LogP contribution in [0.5, 0.6) is 5.75 Å². The van der Waals surface area contributed by atoms with Gasteiger partial charge in [0.05, 0.1) is 19.2 Å². The number of thiophene rings is 2. The van der Waals surface area contributed by atoms with Crippen molar-refractivity contribution in [3.05, 3.63) is 73.1 Å². The van der Waals surface area contributed by atoms with Crippen molar-refractivity contribution in [1.82, 2.24) is 5.32 Å². The molecule has 3 aromatic rings. The number of carbonyl (C=O) groups is 1. The van der Waals surface area contributed by atoms with Crippen LogP contribution in [-0.4, -0.2) is 18.1 Å². The summed E-state index contributed by atoms with van der Waals surface area (Å²) in [6.45, 7) is 0.371. The lowest BCUT2D eigenvalue weighted by atomic mass is 10.2. The molecule has 3 rings (SSSR count). The summed E-state index contributed by atoms with van der Waals surface area (Å²) in [5.74, 6) is 0.218. The van der Waals surface area contributed by atoms with Gasteiger partial charge in [-0.2, -0.15) is 0 Å². The fourth-order valence-electron chi connectivity index (χ4n) is 2.34. The molecule has 4 nitrogen and oxygen atoms in total. The van der Waals surface area contributed by atoms with Gasteiger partial charge in [-0.05, 0) is 41.8 Å². The number of hydrogen-bond acceptors (Lipinski definition) is 5. The number of rotatable bonds is 6. The average molecular weight is 394 g/mol. The summed E-state index contributed by atoms with van der Waals surface area (Å²) in [7, 11) is 1.51. The Balaban J connectivity index is 1.66. The highest BCUT2D eigenvalue weighted by atomic mass is 35.5. The first-order valence-electron chi connectivity index (χ1n) is 7.50. The zero-order valence-corrected chi connectivity index (χ0v) is 15.8. The summed E-state index contributed by atoms with van der Waals surface area (Å²) in [6, 6.07) is 12.5. The Hall–Kier alpha value is -1.86. The third kappa shape index (κ3) is 4.22. The molecule has 0 radical (unpaired) electrons. The molecule has 1 atom stereocenters. The molecule has 0 bridgehead atoms. The molecular weight excluding hydrogens is 378 g/mol. The zero-order valence-electron chi connectivity index (χ0n) is 13.4. The highest BCUT2D eigenvalue weighted by molar-refractivity contribution is 7.12. The minimum absolute atomic E-state index is 0.256. The third-order valence-electron chi connectivity index (χ3n) is 3.59. The lowest BCUT2D eigenvalue weighted by Crippen LogP contribution is -2.22. The fraction of sp³-hybridized carbons (Fsp3) is 0.167.